The molecule has 0 aliphatic carbocycles. The summed E-state index contributed by atoms with van der Waals surface area (Å²) in [5.74, 6) is 2.18. The second-order valence-electron chi connectivity index (χ2n) is 5.47. The predicted octanol–water partition coefficient (Wildman–Crippen LogP) is 4.31. The van der Waals surface area contributed by atoms with E-state index in [-0.39, 0.29) is 0 Å². The van der Waals surface area contributed by atoms with Gasteiger partial charge in [-0.2, -0.15) is 0 Å². The zero-order valence-corrected chi connectivity index (χ0v) is 13.1. The Hall–Kier alpha value is -0.120. The van der Waals surface area contributed by atoms with Crippen LogP contribution in [0.4, 0.5) is 0 Å². The average Bonchev–Trinajstić information content (AvgIpc) is 2.83. The Morgan fingerprint density at radius 2 is 2.28 bits per heavy atom. The number of hydrogen-bond donors (Lipinski definition) is 0. The van der Waals surface area contributed by atoms with Crippen LogP contribution in [-0.2, 0) is 5.88 Å². The summed E-state index contributed by atoms with van der Waals surface area (Å²) < 4.78 is 0. The van der Waals surface area contributed by atoms with Gasteiger partial charge in [0.15, 0.2) is 0 Å². The maximum absolute atomic E-state index is 5.85. The van der Waals surface area contributed by atoms with Crippen molar-refractivity contribution < 1.29 is 0 Å². The summed E-state index contributed by atoms with van der Waals surface area (Å²) in [6, 6.07) is 0.488. The summed E-state index contributed by atoms with van der Waals surface area (Å²) in [5.41, 5.74) is 1.02. The van der Waals surface area contributed by atoms with Crippen molar-refractivity contribution in [3.8, 4) is 0 Å². The lowest BCUT2D eigenvalue weighted by molar-refractivity contribution is 0.0928. The van der Waals surface area contributed by atoms with Gasteiger partial charge in [0.05, 0.1) is 17.6 Å². The highest BCUT2D eigenvalue weighted by Crippen LogP contribution is 2.33. The smallest absolute Gasteiger partial charge is 0.110 e. The molecule has 0 spiro atoms. The molecule has 1 aliphatic rings. The molecule has 0 saturated carbocycles. The summed E-state index contributed by atoms with van der Waals surface area (Å²) in [4.78, 5) is 7.28. The quantitative estimate of drug-likeness (QED) is 0.767. The minimum atomic E-state index is 0.488. The monoisotopic (exact) mass is 286 g/mol. The first-order valence-corrected chi connectivity index (χ1v) is 8.31. The van der Waals surface area contributed by atoms with Crippen LogP contribution in [0.25, 0.3) is 0 Å². The molecule has 1 saturated heterocycles. The van der Waals surface area contributed by atoms with E-state index < -0.39 is 0 Å². The number of rotatable bonds is 4. The van der Waals surface area contributed by atoms with Crippen LogP contribution < -0.4 is 0 Å². The number of likely N-dealkylation sites (tertiary alicyclic amines) is 1. The van der Waals surface area contributed by atoms with Crippen LogP contribution in [0, 0.1) is 11.8 Å². The first kappa shape index (κ1) is 14.3. The number of thiazole rings is 1. The largest absolute Gasteiger partial charge is 0.294 e. The normalized spacial score (nSPS) is 27.3. The third kappa shape index (κ3) is 3.06. The fourth-order valence-electron chi connectivity index (χ4n) is 2.70. The maximum atomic E-state index is 5.85. The molecule has 0 N–H and O–H groups in total. The zero-order chi connectivity index (χ0) is 13.1. The third-order valence-electron chi connectivity index (χ3n) is 4.18. The van der Waals surface area contributed by atoms with Gasteiger partial charge in [0.2, 0.25) is 0 Å². The molecular formula is C14H23ClN2S. The summed E-state index contributed by atoms with van der Waals surface area (Å²) in [7, 11) is 0. The zero-order valence-electron chi connectivity index (χ0n) is 11.5. The lowest BCUT2D eigenvalue weighted by atomic mass is 9.88. The summed E-state index contributed by atoms with van der Waals surface area (Å²) in [6.07, 6.45) is 2.45. The number of nitrogens with zero attached hydrogens (tertiary/aromatic N) is 2. The van der Waals surface area contributed by atoms with E-state index in [1.165, 1.54) is 24.5 Å². The van der Waals surface area contributed by atoms with E-state index in [1.807, 2.05) is 0 Å². The molecule has 2 rings (SSSR count). The molecule has 3 unspecified atom stereocenters. The van der Waals surface area contributed by atoms with Gasteiger partial charge >= 0.3 is 0 Å². The average molecular weight is 287 g/mol. The Morgan fingerprint density at radius 1 is 1.50 bits per heavy atom. The van der Waals surface area contributed by atoms with Gasteiger partial charge in [0.25, 0.3) is 0 Å². The molecule has 1 aromatic rings. The van der Waals surface area contributed by atoms with Gasteiger partial charge in [-0.3, -0.25) is 4.90 Å². The van der Waals surface area contributed by atoms with E-state index in [0.717, 1.165) is 24.0 Å². The Kier molecular flexibility index (Phi) is 5.05. The van der Waals surface area contributed by atoms with Crippen molar-refractivity contribution in [1.82, 2.24) is 9.88 Å². The summed E-state index contributed by atoms with van der Waals surface area (Å²) in [5, 5.41) is 3.34. The Bertz CT molecular complexity index is 380. The lowest BCUT2D eigenvalue weighted by Gasteiger charge is -2.39. The molecule has 3 atom stereocenters. The molecule has 2 nitrogen and oxygen atoms in total. The van der Waals surface area contributed by atoms with Crippen LogP contribution in [-0.4, -0.2) is 23.0 Å². The maximum Gasteiger partial charge on any atom is 0.110 e. The Balaban J connectivity index is 2.08. The molecular weight excluding hydrogens is 264 g/mol. The highest BCUT2D eigenvalue weighted by molar-refractivity contribution is 7.09. The molecule has 1 fully saturated rings. The van der Waals surface area contributed by atoms with Crippen molar-refractivity contribution >= 4 is 22.9 Å². The van der Waals surface area contributed by atoms with Crippen LogP contribution in [0.5, 0.6) is 0 Å². The molecule has 2 heterocycles. The van der Waals surface area contributed by atoms with Crippen molar-refractivity contribution in [1.29, 1.82) is 0 Å². The van der Waals surface area contributed by atoms with Gasteiger partial charge < -0.3 is 0 Å². The first-order chi connectivity index (χ1) is 8.65. The number of piperidine rings is 1. The van der Waals surface area contributed by atoms with E-state index >= 15 is 0 Å². The van der Waals surface area contributed by atoms with E-state index in [1.54, 1.807) is 11.3 Å². The lowest BCUT2D eigenvalue weighted by Crippen LogP contribution is -2.40. The molecule has 18 heavy (non-hydrogen) atoms. The second kappa shape index (κ2) is 6.36. The number of hydrogen-bond acceptors (Lipinski definition) is 3. The molecule has 4 heteroatoms. The van der Waals surface area contributed by atoms with Gasteiger partial charge in [0, 0.05) is 11.9 Å². The summed E-state index contributed by atoms with van der Waals surface area (Å²) >= 11 is 7.61. The van der Waals surface area contributed by atoms with Gasteiger partial charge in [-0.05, 0) is 31.2 Å². The van der Waals surface area contributed by atoms with Gasteiger partial charge in [0.1, 0.15) is 5.01 Å². The van der Waals surface area contributed by atoms with Crippen molar-refractivity contribution in [3.63, 3.8) is 0 Å². The van der Waals surface area contributed by atoms with E-state index in [4.69, 9.17) is 11.6 Å². The van der Waals surface area contributed by atoms with Crippen LogP contribution in [0.2, 0.25) is 0 Å². The highest BCUT2D eigenvalue weighted by atomic mass is 35.5. The molecule has 0 amide bonds. The minimum absolute atomic E-state index is 0.488. The van der Waals surface area contributed by atoms with Crippen molar-refractivity contribution in [2.24, 2.45) is 11.8 Å². The van der Waals surface area contributed by atoms with Crippen molar-refractivity contribution in [3.05, 3.63) is 16.1 Å². The van der Waals surface area contributed by atoms with Gasteiger partial charge in [-0.15, -0.1) is 22.9 Å². The number of halogens is 1. The Morgan fingerprint density at radius 3 is 2.83 bits per heavy atom. The second-order valence-corrected chi connectivity index (χ2v) is 6.63. The van der Waals surface area contributed by atoms with Crippen LogP contribution in [0.3, 0.4) is 0 Å². The fourth-order valence-corrected chi connectivity index (χ4v) is 3.97. The SMILES string of the molecule is CCC(c1nc(CCl)cs1)N1CCC(C)C(C)C1. The van der Waals surface area contributed by atoms with Crippen molar-refractivity contribution in [2.75, 3.05) is 13.1 Å². The topological polar surface area (TPSA) is 16.1 Å². The number of alkyl halides is 1. The molecule has 0 bridgehead atoms. The number of aromatic nitrogens is 1. The van der Waals surface area contributed by atoms with Crippen LogP contribution >= 0.6 is 22.9 Å². The molecule has 1 aliphatic heterocycles. The Labute approximate surface area is 119 Å². The standard InChI is InChI=1S/C14H23ClN2S/c1-4-13(14-16-12(7-15)9-18-14)17-6-5-10(2)11(3)8-17/h9-11,13H,4-8H2,1-3H3. The molecule has 0 aromatic carbocycles. The van der Waals surface area contributed by atoms with Crippen molar-refractivity contribution in [2.45, 2.75) is 45.5 Å². The van der Waals surface area contributed by atoms with Crippen LogP contribution in [0.1, 0.15) is 50.4 Å². The van der Waals surface area contributed by atoms with E-state index in [2.05, 4.69) is 36.0 Å². The fraction of sp³-hybridized carbons (Fsp3) is 0.786. The van der Waals surface area contributed by atoms with E-state index in [9.17, 15) is 0 Å². The first-order valence-electron chi connectivity index (χ1n) is 6.90. The van der Waals surface area contributed by atoms with Crippen LogP contribution in [0.15, 0.2) is 5.38 Å². The highest BCUT2D eigenvalue weighted by Gasteiger charge is 2.29. The molecule has 0 radical (unpaired) electrons. The van der Waals surface area contributed by atoms with E-state index in [0.29, 0.717) is 11.9 Å². The summed E-state index contributed by atoms with van der Waals surface area (Å²) in [6.45, 7) is 9.41. The molecule has 1 aromatic heterocycles. The van der Waals surface area contributed by atoms with Gasteiger partial charge in [-0.25, -0.2) is 4.98 Å². The molecule has 102 valence electrons. The predicted molar refractivity (Wildman–Crippen MR) is 79.2 cm³/mol. The third-order valence-corrected chi connectivity index (χ3v) is 5.45. The van der Waals surface area contributed by atoms with Gasteiger partial charge in [-0.1, -0.05) is 20.8 Å². The minimum Gasteiger partial charge on any atom is -0.294 e.